The van der Waals surface area contributed by atoms with Gasteiger partial charge in [0.25, 0.3) is 0 Å². The number of aromatic amines is 1. The Bertz CT molecular complexity index is 753. The third-order valence-corrected chi connectivity index (χ3v) is 5.36. The van der Waals surface area contributed by atoms with Gasteiger partial charge in [-0.2, -0.15) is 0 Å². The molecule has 2 amide bonds. The van der Waals surface area contributed by atoms with Gasteiger partial charge in [-0.1, -0.05) is 38.0 Å². The molecule has 5 nitrogen and oxygen atoms in total. The molecular weight excluding hydrogens is 326 g/mol. The van der Waals surface area contributed by atoms with Crippen LogP contribution >= 0.6 is 0 Å². The molecule has 0 aliphatic heterocycles. The van der Waals surface area contributed by atoms with Crippen molar-refractivity contribution >= 4 is 22.7 Å². The zero-order chi connectivity index (χ0) is 18.4. The van der Waals surface area contributed by atoms with Crippen LogP contribution in [0.3, 0.4) is 0 Å². The van der Waals surface area contributed by atoms with Gasteiger partial charge in [-0.15, -0.1) is 0 Å². The van der Waals surface area contributed by atoms with Gasteiger partial charge < -0.3 is 15.6 Å². The van der Waals surface area contributed by atoms with E-state index >= 15 is 0 Å². The molecule has 26 heavy (non-hydrogen) atoms. The number of carbonyl (C=O) groups excluding carboxylic acids is 2. The number of fused-ring (bicyclic) bond motifs is 1. The van der Waals surface area contributed by atoms with Crippen LogP contribution < -0.4 is 10.6 Å². The van der Waals surface area contributed by atoms with E-state index in [9.17, 15) is 9.59 Å². The van der Waals surface area contributed by atoms with Gasteiger partial charge in [-0.25, -0.2) is 0 Å². The zero-order valence-corrected chi connectivity index (χ0v) is 15.5. The van der Waals surface area contributed by atoms with Crippen LogP contribution in [0.5, 0.6) is 0 Å². The van der Waals surface area contributed by atoms with E-state index in [-0.39, 0.29) is 23.7 Å². The topological polar surface area (TPSA) is 74.0 Å². The first kappa shape index (κ1) is 18.5. The summed E-state index contributed by atoms with van der Waals surface area (Å²) in [5.41, 5.74) is 2.33. The molecule has 2 atom stereocenters. The number of amides is 2. The van der Waals surface area contributed by atoms with E-state index < -0.39 is 0 Å². The van der Waals surface area contributed by atoms with Crippen molar-refractivity contribution in [3.8, 4) is 0 Å². The van der Waals surface area contributed by atoms with Crippen LogP contribution in [0.1, 0.15) is 44.6 Å². The Kier molecular flexibility index (Phi) is 6.31. The van der Waals surface area contributed by atoms with Gasteiger partial charge in [0.2, 0.25) is 11.8 Å². The van der Waals surface area contributed by atoms with Crippen LogP contribution in [0.2, 0.25) is 0 Å². The minimum atomic E-state index is -0.191. The van der Waals surface area contributed by atoms with Crippen LogP contribution in [0.15, 0.2) is 30.5 Å². The Morgan fingerprint density at radius 2 is 1.69 bits per heavy atom. The Hall–Kier alpha value is -2.30. The number of para-hydroxylation sites is 1. The Morgan fingerprint density at radius 3 is 2.38 bits per heavy atom. The molecule has 3 N–H and O–H groups in total. The van der Waals surface area contributed by atoms with E-state index in [0.29, 0.717) is 13.1 Å². The smallest absolute Gasteiger partial charge is 0.223 e. The summed E-state index contributed by atoms with van der Waals surface area (Å²) in [7, 11) is 0. The maximum absolute atomic E-state index is 12.7. The first-order valence-electron chi connectivity index (χ1n) is 9.81. The quantitative estimate of drug-likeness (QED) is 0.714. The van der Waals surface area contributed by atoms with Gasteiger partial charge in [0.1, 0.15) is 0 Å². The van der Waals surface area contributed by atoms with E-state index in [4.69, 9.17) is 0 Å². The zero-order valence-electron chi connectivity index (χ0n) is 15.5. The number of rotatable bonds is 7. The average molecular weight is 355 g/mol. The molecular formula is C21H29N3O2. The fourth-order valence-electron chi connectivity index (χ4n) is 3.93. The van der Waals surface area contributed by atoms with Crippen molar-refractivity contribution in [2.75, 3.05) is 13.1 Å². The van der Waals surface area contributed by atoms with E-state index in [0.717, 1.165) is 44.0 Å². The molecule has 5 heteroatoms. The van der Waals surface area contributed by atoms with Crippen LogP contribution in [0.25, 0.3) is 10.9 Å². The highest BCUT2D eigenvalue weighted by Crippen LogP contribution is 2.30. The van der Waals surface area contributed by atoms with E-state index in [1.54, 1.807) is 0 Å². The van der Waals surface area contributed by atoms with Gasteiger partial charge >= 0.3 is 0 Å². The lowest BCUT2D eigenvalue weighted by Gasteiger charge is -2.29. The maximum atomic E-state index is 12.7. The third-order valence-electron chi connectivity index (χ3n) is 5.36. The standard InChI is InChI=1S/C21H29N3O2/c1-2-12-22-20(25)17-8-3-4-9-18(17)21(26)23-13-11-15-14-24-19-10-6-5-7-16(15)19/h5-7,10,14,17-18,24H,2-4,8-9,11-13H2,1H3,(H,22,25)(H,23,26)/t17-,18+/m1/s1. The molecule has 1 aliphatic carbocycles. The van der Waals surface area contributed by atoms with Gasteiger partial charge in [-0.3, -0.25) is 9.59 Å². The van der Waals surface area contributed by atoms with Crippen LogP contribution in [-0.4, -0.2) is 29.9 Å². The summed E-state index contributed by atoms with van der Waals surface area (Å²) in [6, 6.07) is 8.19. The van der Waals surface area contributed by atoms with Gasteiger partial charge in [0.05, 0.1) is 0 Å². The summed E-state index contributed by atoms with van der Waals surface area (Å²) in [5.74, 6) is -0.295. The average Bonchev–Trinajstić information content (AvgIpc) is 3.09. The minimum Gasteiger partial charge on any atom is -0.361 e. The summed E-state index contributed by atoms with van der Waals surface area (Å²) in [5, 5.41) is 7.23. The van der Waals surface area contributed by atoms with Crippen molar-refractivity contribution in [1.82, 2.24) is 15.6 Å². The third kappa shape index (κ3) is 4.26. The molecule has 1 saturated carbocycles. The molecule has 1 aromatic heterocycles. The first-order chi connectivity index (χ1) is 12.7. The molecule has 3 rings (SSSR count). The number of nitrogens with one attached hydrogen (secondary N) is 3. The van der Waals surface area contributed by atoms with Crippen LogP contribution in [-0.2, 0) is 16.0 Å². The summed E-state index contributed by atoms with van der Waals surface area (Å²) < 4.78 is 0. The highest BCUT2D eigenvalue weighted by atomic mass is 16.2. The van der Waals surface area contributed by atoms with Crippen molar-refractivity contribution in [3.05, 3.63) is 36.0 Å². The number of hydrogen-bond donors (Lipinski definition) is 3. The van der Waals surface area contributed by atoms with Crippen molar-refractivity contribution < 1.29 is 9.59 Å². The normalized spacial score (nSPS) is 20.0. The first-order valence-corrected chi connectivity index (χ1v) is 9.81. The molecule has 1 fully saturated rings. The lowest BCUT2D eigenvalue weighted by Crippen LogP contribution is -2.44. The van der Waals surface area contributed by atoms with E-state index in [1.165, 1.54) is 10.9 Å². The maximum Gasteiger partial charge on any atom is 0.223 e. The monoisotopic (exact) mass is 355 g/mol. The van der Waals surface area contributed by atoms with Gasteiger partial charge in [-0.05, 0) is 37.3 Å². The summed E-state index contributed by atoms with van der Waals surface area (Å²) >= 11 is 0. The molecule has 0 spiro atoms. The number of H-pyrrole nitrogens is 1. The molecule has 140 valence electrons. The molecule has 0 radical (unpaired) electrons. The number of aromatic nitrogens is 1. The summed E-state index contributed by atoms with van der Waals surface area (Å²) in [4.78, 5) is 28.3. The number of benzene rings is 1. The van der Waals surface area contributed by atoms with Crippen molar-refractivity contribution in [1.29, 1.82) is 0 Å². The second kappa shape index (κ2) is 8.88. The highest BCUT2D eigenvalue weighted by Gasteiger charge is 2.35. The molecule has 2 aromatic rings. The summed E-state index contributed by atoms with van der Waals surface area (Å²) in [6.45, 7) is 3.32. The van der Waals surface area contributed by atoms with Crippen molar-refractivity contribution in [3.63, 3.8) is 0 Å². The lowest BCUT2D eigenvalue weighted by molar-refractivity contribution is -0.136. The Balaban J connectivity index is 1.55. The molecule has 0 unspecified atom stereocenters. The minimum absolute atomic E-state index is 0.0289. The molecule has 0 saturated heterocycles. The molecule has 0 bridgehead atoms. The van der Waals surface area contributed by atoms with E-state index in [2.05, 4.69) is 27.8 Å². The van der Waals surface area contributed by atoms with Crippen LogP contribution in [0, 0.1) is 11.8 Å². The summed E-state index contributed by atoms with van der Waals surface area (Å²) in [6.07, 6.45) is 7.40. The molecule has 1 aromatic carbocycles. The SMILES string of the molecule is CCCNC(=O)[C@@H]1CCCC[C@@H]1C(=O)NCCc1c[nH]c2ccccc12. The van der Waals surface area contributed by atoms with Gasteiger partial charge in [0.15, 0.2) is 0 Å². The van der Waals surface area contributed by atoms with Crippen molar-refractivity contribution in [2.45, 2.75) is 45.4 Å². The predicted molar refractivity (Wildman–Crippen MR) is 104 cm³/mol. The lowest BCUT2D eigenvalue weighted by atomic mass is 9.78. The Labute approximate surface area is 154 Å². The van der Waals surface area contributed by atoms with E-state index in [1.807, 2.05) is 25.3 Å². The second-order valence-electron chi connectivity index (χ2n) is 7.19. The largest absolute Gasteiger partial charge is 0.361 e. The van der Waals surface area contributed by atoms with Crippen molar-refractivity contribution in [2.24, 2.45) is 11.8 Å². The van der Waals surface area contributed by atoms with Gasteiger partial charge in [0, 0.05) is 42.0 Å². The number of carbonyl (C=O) groups is 2. The van der Waals surface area contributed by atoms with Crippen LogP contribution in [0.4, 0.5) is 0 Å². The fraction of sp³-hybridized carbons (Fsp3) is 0.524. The fourth-order valence-corrected chi connectivity index (χ4v) is 3.93. The second-order valence-corrected chi connectivity index (χ2v) is 7.19. The number of hydrogen-bond acceptors (Lipinski definition) is 2. The predicted octanol–water partition coefficient (Wildman–Crippen LogP) is 3.16. The Morgan fingerprint density at radius 1 is 1.04 bits per heavy atom. The molecule has 1 aliphatic rings. The highest BCUT2D eigenvalue weighted by molar-refractivity contribution is 5.88. The molecule has 1 heterocycles.